The zero-order valence-electron chi connectivity index (χ0n) is 19.7. The topological polar surface area (TPSA) is 131 Å². The number of fused-ring (bicyclic) bond motifs is 1. The van der Waals surface area contributed by atoms with E-state index in [-0.39, 0.29) is 29.0 Å². The molecule has 4 N–H and O–H groups in total. The zero-order chi connectivity index (χ0) is 26.1. The maximum atomic E-state index is 12.8. The number of rotatable bonds is 6. The number of alkyl halides is 3. The summed E-state index contributed by atoms with van der Waals surface area (Å²) in [6.07, 6.45) is -3.58. The second kappa shape index (κ2) is 12.7. The first kappa shape index (κ1) is 28.6. The molecule has 11 heteroatoms. The van der Waals surface area contributed by atoms with Gasteiger partial charge in [-0.3, -0.25) is 9.59 Å². The number of pyridine rings is 1. The van der Waals surface area contributed by atoms with Crippen LogP contribution in [0, 0.1) is 6.92 Å². The molecule has 3 aromatic rings. The van der Waals surface area contributed by atoms with Crippen LogP contribution >= 0.6 is 0 Å². The summed E-state index contributed by atoms with van der Waals surface area (Å²) in [6.45, 7) is 9.42. The fraction of sp³-hybridized carbons (Fsp3) is 0.391. The van der Waals surface area contributed by atoms with E-state index in [0.717, 1.165) is 6.07 Å². The number of aromatic nitrogens is 2. The molecule has 0 unspecified atom stereocenters. The van der Waals surface area contributed by atoms with Gasteiger partial charge in [0.15, 0.2) is 0 Å². The van der Waals surface area contributed by atoms with Gasteiger partial charge in [0.05, 0.1) is 11.7 Å². The molecular weight excluding hydrogens is 453 g/mol. The van der Waals surface area contributed by atoms with Gasteiger partial charge < -0.3 is 20.6 Å². The number of phenolic OH excluding ortho intramolecular Hbond substituents is 1. The van der Waals surface area contributed by atoms with E-state index in [1.54, 1.807) is 13.8 Å². The maximum Gasteiger partial charge on any atom is 0.433 e. The van der Waals surface area contributed by atoms with Crippen LogP contribution in [-0.4, -0.2) is 33.8 Å². The highest BCUT2D eigenvalue weighted by atomic mass is 19.4. The monoisotopic (exact) mass is 482 g/mol. The Bertz CT molecular complexity index is 1110. The number of benzene rings is 1. The average molecular weight is 483 g/mol. The number of nitrogens with one attached hydrogen (secondary N) is 1. The summed E-state index contributed by atoms with van der Waals surface area (Å²) in [7, 11) is 0. The van der Waals surface area contributed by atoms with E-state index in [4.69, 9.17) is 10.2 Å². The molecule has 2 aromatic heterocycles. The van der Waals surface area contributed by atoms with Crippen LogP contribution in [0.1, 0.15) is 57.3 Å². The molecule has 0 bridgehead atoms. The summed E-state index contributed by atoms with van der Waals surface area (Å²) >= 11 is 0. The summed E-state index contributed by atoms with van der Waals surface area (Å²) in [5.74, 6) is 0.451. The number of nitrogens with two attached hydrogens (primary N) is 1. The normalized spacial score (nSPS) is 11.6. The van der Waals surface area contributed by atoms with Crippen LogP contribution in [0.2, 0.25) is 0 Å². The summed E-state index contributed by atoms with van der Waals surface area (Å²) in [5, 5.41) is 12.6. The van der Waals surface area contributed by atoms with E-state index in [0.29, 0.717) is 41.8 Å². The lowest BCUT2D eigenvalue weighted by Crippen LogP contribution is -2.14. The van der Waals surface area contributed by atoms with Gasteiger partial charge in [-0.15, -0.1) is 0 Å². The van der Waals surface area contributed by atoms with E-state index in [1.165, 1.54) is 25.1 Å². The number of aromatic hydroxyl groups is 1. The van der Waals surface area contributed by atoms with Gasteiger partial charge in [0.25, 0.3) is 0 Å². The highest BCUT2D eigenvalue weighted by Crippen LogP contribution is 2.36. The van der Waals surface area contributed by atoms with Gasteiger partial charge in [-0.05, 0) is 45.0 Å². The SMILES string of the molecule is CC.CC(=O)CCNC=O.Cc1nc(-c2ccc(O)c3nc(C(F)(F)F)ccc23)oc1[C@H](C)N. The molecule has 0 aliphatic heterocycles. The lowest BCUT2D eigenvalue weighted by Gasteiger charge is -2.09. The van der Waals surface area contributed by atoms with Crippen molar-refractivity contribution in [1.82, 2.24) is 15.3 Å². The number of aryl methyl sites for hydroxylation is 1. The van der Waals surface area contributed by atoms with E-state index in [9.17, 15) is 27.9 Å². The highest BCUT2D eigenvalue weighted by Gasteiger charge is 2.33. The van der Waals surface area contributed by atoms with Crippen LogP contribution in [0.4, 0.5) is 13.2 Å². The second-order valence-corrected chi connectivity index (χ2v) is 7.00. The first-order valence-electron chi connectivity index (χ1n) is 10.5. The Morgan fingerprint density at radius 1 is 1.24 bits per heavy atom. The van der Waals surface area contributed by atoms with E-state index < -0.39 is 11.9 Å². The number of phenols is 1. The minimum atomic E-state index is -4.60. The van der Waals surface area contributed by atoms with Crippen molar-refractivity contribution in [2.45, 2.75) is 53.3 Å². The molecule has 186 valence electrons. The van der Waals surface area contributed by atoms with E-state index in [1.807, 2.05) is 13.8 Å². The van der Waals surface area contributed by atoms with Gasteiger partial charge in [-0.2, -0.15) is 13.2 Å². The van der Waals surface area contributed by atoms with Gasteiger partial charge >= 0.3 is 6.18 Å². The number of carbonyl (C=O) groups excluding carboxylic acids is 2. The summed E-state index contributed by atoms with van der Waals surface area (Å²) < 4.78 is 44.1. The lowest BCUT2D eigenvalue weighted by molar-refractivity contribution is -0.141. The Labute approximate surface area is 195 Å². The molecule has 1 aromatic carbocycles. The molecule has 1 amide bonds. The quantitative estimate of drug-likeness (QED) is 0.343. The fourth-order valence-electron chi connectivity index (χ4n) is 2.80. The number of hydrogen-bond acceptors (Lipinski definition) is 7. The number of hydrogen-bond donors (Lipinski definition) is 3. The standard InChI is InChI=1S/C16H14F3N3O2.C5H9NO2.C2H6/c1-7(20)14-8(2)21-15(24-14)10-3-5-11(23)13-9(10)4-6-12(22-13)16(17,18)19;1-5(8)2-3-6-4-7;1-2/h3-7,23H,20H2,1-2H3;4H,2-3H2,1H3,(H,6,7);1-2H3/t7-;;/m0../s1. The highest BCUT2D eigenvalue weighted by molar-refractivity contribution is 5.96. The molecular formula is C23H29F3N4O4. The average Bonchev–Trinajstić information content (AvgIpc) is 3.17. The largest absolute Gasteiger partial charge is 0.506 e. The Hall–Kier alpha value is -3.47. The van der Waals surface area contributed by atoms with Gasteiger partial charge in [0.1, 0.15) is 28.5 Å². The summed E-state index contributed by atoms with van der Waals surface area (Å²) in [4.78, 5) is 27.5. The second-order valence-electron chi connectivity index (χ2n) is 7.00. The summed E-state index contributed by atoms with van der Waals surface area (Å²) in [5.41, 5.74) is 5.58. The Morgan fingerprint density at radius 3 is 2.38 bits per heavy atom. The fourth-order valence-corrected chi connectivity index (χ4v) is 2.80. The molecule has 8 nitrogen and oxygen atoms in total. The molecule has 2 heterocycles. The zero-order valence-corrected chi connectivity index (χ0v) is 19.7. The number of oxazole rings is 1. The molecule has 3 rings (SSSR count). The smallest absolute Gasteiger partial charge is 0.433 e. The Balaban J connectivity index is 0.000000493. The molecule has 0 radical (unpaired) electrons. The molecule has 0 spiro atoms. The molecule has 0 aliphatic carbocycles. The number of Topliss-reactive ketones (excluding diaryl/α,β-unsaturated/α-hetero) is 1. The summed E-state index contributed by atoms with van der Waals surface area (Å²) in [6, 6.07) is 4.50. The van der Waals surface area contributed by atoms with Crippen molar-refractivity contribution >= 4 is 23.1 Å². The van der Waals surface area contributed by atoms with Crippen molar-refractivity contribution < 1.29 is 32.3 Å². The van der Waals surface area contributed by atoms with Crippen molar-refractivity contribution in [1.29, 1.82) is 0 Å². The third-order valence-electron chi connectivity index (χ3n) is 4.31. The molecule has 34 heavy (non-hydrogen) atoms. The predicted molar refractivity (Wildman–Crippen MR) is 122 cm³/mol. The third-order valence-corrected chi connectivity index (χ3v) is 4.31. The molecule has 0 fully saturated rings. The number of nitrogens with zero attached hydrogens (tertiary/aromatic N) is 2. The predicted octanol–water partition coefficient (Wildman–Crippen LogP) is 4.68. The molecule has 1 atom stereocenters. The number of amides is 1. The lowest BCUT2D eigenvalue weighted by atomic mass is 10.1. The Kier molecular flexibility index (Phi) is 10.7. The van der Waals surface area contributed by atoms with Gasteiger partial charge in [0.2, 0.25) is 12.3 Å². The molecule has 0 aliphatic rings. The minimum absolute atomic E-state index is 0.0966. The van der Waals surface area contributed by atoms with Crippen LogP contribution in [0.15, 0.2) is 28.7 Å². The molecule has 0 saturated heterocycles. The minimum Gasteiger partial charge on any atom is -0.506 e. The van der Waals surface area contributed by atoms with Crippen molar-refractivity contribution in [2.75, 3.05) is 6.54 Å². The van der Waals surface area contributed by atoms with Crippen LogP contribution < -0.4 is 11.1 Å². The van der Waals surface area contributed by atoms with Gasteiger partial charge in [-0.25, -0.2) is 9.97 Å². The van der Waals surface area contributed by atoms with Gasteiger partial charge in [-0.1, -0.05) is 13.8 Å². The van der Waals surface area contributed by atoms with E-state index >= 15 is 0 Å². The molecule has 0 saturated carbocycles. The van der Waals surface area contributed by atoms with Crippen molar-refractivity contribution in [3.63, 3.8) is 0 Å². The number of carbonyl (C=O) groups is 2. The maximum absolute atomic E-state index is 12.8. The van der Waals surface area contributed by atoms with Crippen molar-refractivity contribution in [2.24, 2.45) is 5.73 Å². The first-order valence-corrected chi connectivity index (χ1v) is 10.5. The van der Waals surface area contributed by atoms with Crippen LogP contribution in [0.25, 0.3) is 22.4 Å². The number of halogens is 3. The third kappa shape index (κ3) is 7.55. The van der Waals surface area contributed by atoms with E-state index in [2.05, 4.69) is 15.3 Å². The Morgan fingerprint density at radius 2 is 1.88 bits per heavy atom. The number of ketones is 1. The van der Waals surface area contributed by atoms with Crippen molar-refractivity contribution in [3.05, 3.63) is 41.4 Å². The van der Waals surface area contributed by atoms with Crippen LogP contribution in [-0.2, 0) is 15.8 Å². The van der Waals surface area contributed by atoms with Crippen molar-refractivity contribution in [3.8, 4) is 17.2 Å². The van der Waals surface area contributed by atoms with Crippen LogP contribution in [0.3, 0.4) is 0 Å². The van der Waals surface area contributed by atoms with Crippen LogP contribution in [0.5, 0.6) is 5.75 Å². The first-order chi connectivity index (χ1) is 16.0. The van der Waals surface area contributed by atoms with Gasteiger partial charge in [0, 0.05) is 23.9 Å².